The summed E-state index contributed by atoms with van der Waals surface area (Å²) in [4.78, 5) is 40.7. The van der Waals surface area contributed by atoms with Gasteiger partial charge in [0.25, 0.3) is 0 Å². The zero-order valence-corrected chi connectivity index (χ0v) is 20.0. The third-order valence-corrected chi connectivity index (χ3v) is 8.14. The van der Waals surface area contributed by atoms with Crippen molar-refractivity contribution in [3.8, 4) is 0 Å². The van der Waals surface area contributed by atoms with Crippen molar-refractivity contribution >= 4 is 11.9 Å². The van der Waals surface area contributed by atoms with Crippen molar-refractivity contribution in [2.45, 2.75) is 89.8 Å². The number of carbonyl (C=O) groups excluding carboxylic acids is 2. The Morgan fingerprint density at radius 2 is 1.91 bits per heavy atom. The fourth-order valence-electron chi connectivity index (χ4n) is 6.20. The number of hydrogen-bond donors (Lipinski definition) is 1. The number of hydrogen-bond acceptors (Lipinski definition) is 8. The Balaban J connectivity index is 1.20. The van der Waals surface area contributed by atoms with Gasteiger partial charge in [-0.15, -0.1) is 0 Å². The largest absolute Gasteiger partial charge is 0.435 e. The lowest BCUT2D eigenvalue weighted by molar-refractivity contribution is -0.576. The number of rotatable bonds is 6. The van der Waals surface area contributed by atoms with Crippen LogP contribution in [0.15, 0.2) is 24.5 Å². The Morgan fingerprint density at radius 3 is 2.71 bits per heavy atom. The molecule has 6 rings (SSSR count). The number of carbonyl (C=O) groups is 2. The molecule has 5 fully saturated rings. The fourth-order valence-corrected chi connectivity index (χ4v) is 6.20. The predicted octanol–water partition coefficient (Wildman–Crippen LogP) is 3.23. The van der Waals surface area contributed by atoms with E-state index in [9.17, 15) is 9.59 Å². The van der Waals surface area contributed by atoms with Crippen molar-refractivity contribution < 1.29 is 33.6 Å². The highest BCUT2D eigenvalue weighted by molar-refractivity contribution is 5.81. The minimum Gasteiger partial charge on any atom is -0.435 e. The first-order chi connectivity index (χ1) is 16.3. The second-order valence-corrected chi connectivity index (χ2v) is 10.4. The van der Waals surface area contributed by atoms with Gasteiger partial charge in [0, 0.05) is 43.6 Å². The second-order valence-electron chi connectivity index (χ2n) is 10.4. The van der Waals surface area contributed by atoms with Crippen LogP contribution in [-0.2, 0) is 40.1 Å². The Labute approximate surface area is 199 Å². The van der Waals surface area contributed by atoms with Crippen LogP contribution in [0.2, 0.25) is 0 Å². The average molecular weight is 475 g/mol. The van der Waals surface area contributed by atoms with E-state index >= 15 is 0 Å². The van der Waals surface area contributed by atoms with Gasteiger partial charge in [0.15, 0.2) is 11.9 Å². The van der Waals surface area contributed by atoms with Gasteiger partial charge in [0.2, 0.25) is 18.0 Å². The predicted molar refractivity (Wildman–Crippen MR) is 118 cm³/mol. The van der Waals surface area contributed by atoms with Gasteiger partial charge in [0.05, 0.1) is 6.42 Å². The first-order valence-electron chi connectivity index (χ1n) is 12.4. The molecule has 8 atom stereocenters. The Kier molecular flexibility index (Phi) is 6.39. The van der Waals surface area contributed by atoms with Gasteiger partial charge in [-0.05, 0) is 55.7 Å². The highest BCUT2D eigenvalue weighted by Gasteiger charge is 2.69. The molecule has 5 heterocycles. The number of pyridine rings is 1. The number of nitrogens with one attached hydrogen (secondary N) is 1. The van der Waals surface area contributed by atoms with Crippen molar-refractivity contribution in [3.63, 3.8) is 0 Å². The van der Waals surface area contributed by atoms with E-state index in [0.29, 0.717) is 12.5 Å². The summed E-state index contributed by atoms with van der Waals surface area (Å²) in [6.07, 6.45) is 5.62. The number of nitrogens with zero attached hydrogens (tertiary/aromatic N) is 1. The van der Waals surface area contributed by atoms with E-state index in [1.807, 2.05) is 26.0 Å². The summed E-state index contributed by atoms with van der Waals surface area (Å²) >= 11 is 0. The van der Waals surface area contributed by atoms with Crippen molar-refractivity contribution in [3.05, 3.63) is 30.1 Å². The maximum absolute atomic E-state index is 12.6. The molecule has 1 amide bonds. The molecule has 4 aliphatic heterocycles. The minimum atomic E-state index is -0.875. The molecule has 186 valence electrons. The molecular weight excluding hydrogens is 440 g/mol. The first-order valence-corrected chi connectivity index (χ1v) is 12.4. The lowest BCUT2D eigenvalue weighted by atomic mass is 9.58. The number of aromatic nitrogens is 1. The molecule has 1 aliphatic carbocycles. The van der Waals surface area contributed by atoms with Crippen LogP contribution in [0.4, 0.5) is 0 Å². The molecule has 1 spiro atoms. The van der Waals surface area contributed by atoms with E-state index in [2.05, 4.69) is 17.2 Å². The summed E-state index contributed by atoms with van der Waals surface area (Å²) in [5, 5.41) is 2.81. The van der Waals surface area contributed by atoms with Gasteiger partial charge < -0.3 is 19.5 Å². The fraction of sp³-hybridized carbons (Fsp3) is 0.720. The number of ether oxygens (including phenoxy) is 3. The maximum atomic E-state index is 12.6. The molecule has 9 heteroatoms. The molecule has 0 aromatic carbocycles. The van der Waals surface area contributed by atoms with Gasteiger partial charge in [-0.3, -0.25) is 14.6 Å². The van der Waals surface area contributed by atoms with Crippen LogP contribution >= 0.6 is 0 Å². The molecule has 9 nitrogen and oxygen atoms in total. The Hall–Kier alpha value is -2.07. The lowest BCUT2D eigenvalue weighted by Crippen LogP contribution is -2.70. The van der Waals surface area contributed by atoms with Crippen molar-refractivity contribution in [1.82, 2.24) is 10.3 Å². The summed E-state index contributed by atoms with van der Waals surface area (Å²) in [5.74, 6) is -0.843. The quantitative estimate of drug-likeness (QED) is 0.495. The minimum absolute atomic E-state index is 0.0208. The topological polar surface area (TPSA) is 105 Å². The van der Waals surface area contributed by atoms with Crippen molar-refractivity contribution in [1.29, 1.82) is 0 Å². The van der Waals surface area contributed by atoms with E-state index in [1.165, 1.54) is 0 Å². The van der Waals surface area contributed by atoms with Crippen LogP contribution in [0.1, 0.15) is 64.9 Å². The van der Waals surface area contributed by atoms with Crippen LogP contribution in [0, 0.1) is 23.7 Å². The molecule has 4 saturated heterocycles. The number of fused-ring (bicyclic) bond motifs is 2. The van der Waals surface area contributed by atoms with Gasteiger partial charge in [-0.2, -0.15) is 0 Å². The van der Waals surface area contributed by atoms with E-state index in [-0.39, 0.29) is 36.5 Å². The van der Waals surface area contributed by atoms with Crippen LogP contribution in [0.5, 0.6) is 0 Å². The van der Waals surface area contributed by atoms with Gasteiger partial charge in [-0.25, -0.2) is 9.78 Å². The van der Waals surface area contributed by atoms with E-state index in [0.717, 1.165) is 31.2 Å². The van der Waals surface area contributed by atoms with Crippen molar-refractivity contribution in [2.75, 3.05) is 0 Å². The van der Waals surface area contributed by atoms with E-state index < -0.39 is 29.9 Å². The Bertz CT molecular complexity index is 914. The monoisotopic (exact) mass is 474 g/mol. The second kappa shape index (κ2) is 9.18. The molecule has 34 heavy (non-hydrogen) atoms. The summed E-state index contributed by atoms with van der Waals surface area (Å²) in [6.45, 7) is 6.55. The van der Waals surface area contributed by atoms with Crippen LogP contribution in [0.3, 0.4) is 0 Å². The van der Waals surface area contributed by atoms with Crippen molar-refractivity contribution in [2.24, 2.45) is 23.7 Å². The smallest absolute Gasteiger partial charge is 0.308 e. The maximum Gasteiger partial charge on any atom is 0.308 e. The van der Waals surface area contributed by atoms with Gasteiger partial charge in [0.1, 0.15) is 0 Å². The molecule has 5 aliphatic rings. The van der Waals surface area contributed by atoms with Gasteiger partial charge in [-0.1, -0.05) is 13.8 Å². The van der Waals surface area contributed by atoms with Crippen LogP contribution in [0.25, 0.3) is 0 Å². The lowest BCUT2D eigenvalue weighted by Gasteiger charge is -2.59. The average Bonchev–Trinajstić information content (AvgIpc) is 3.06. The Morgan fingerprint density at radius 1 is 1.12 bits per heavy atom. The molecule has 0 unspecified atom stereocenters. The first kappa shape index (κ1) is 23.7. The van der Waals surface area contributed by atoms with Crippen LogP contribution in [-0.4, -0.2) is 40.8 Å². The zero-order valence-electron chi connectivity index (χ0n) is 20.0. The zero-order chi connectivity index (χ0) is 23.9. The third-order valence-electron chi connectivity index (χ3n) is 8.14. The van der Waals surface area contributed by atoms with Gasteiger partial charge >= 0.3 is 5.97 Å². The summed E-state index contributed by atoms with van der Waals surface area (Å²) in [5.41, 5.74) is 0.255. The highest BCUT2D eigenvalue weighted by Crippen LogP contribution is 2.60. The molecule has 0 radical (unpaired) electrons. The molecule has 2 bridgehead atoms. The number of esters is 1. The highest BCUT2D eigenvalue weighted by atomic mass is 17.3. The van der Waals surface area contributed by atoms with E-state index in [1.54, 1.807) is 12.4 Å². The summed E-state index contributed by atoms with van der Waals surface area (Å²) in [6, 6.07) is 3.66. The molecular formula is C25H34N2O7. The normalized spacial score (nSPS) is 40.7. The molecule has 1 aromatic rings. The SMILES string of the molecule is C[C@H]1[C@H](OC(=O)CCC(=O)NCc2ccncc2)O[C@@H]2O[C@]3(C)CC[C@H]4[C@H](C)CC[C@@H]1[C@@]24OO3. The summed E-state index contributed by atoms with van der Waals surface area (Å²) in [7, 11) is 0. The molecule has 1 N–H and O–H groups in total. The standard InChI is InChI=1S/C25H34N2O7/c1-15-4-5-19-16(2)22(31-23-25(19)18(15)8-11-24(3,32-23)33-34-25)30-21(29)7-6-20(28)27-14-17-9-12-26-13-10-17/h9-10,12-13,15-16,18-19,22-23H,4-8,11,14H2,1-3H3,(H,27,28)/t15-,16-,18+,19+,22-,23-,24+,25-/m1/s1. The summed E-state index contributed by atoms with van der Waals surface area (Å²) < 4.78 is 18.3. The number of amides is 1. The molecule has 1 saturated carbocycles. The van der Waals surface area contributed by atoms with Crippen LogP contribution < -0.4 is 5.32 Å². The molecule has 1 aromatic heterocycles. The van der Waals surface area contributed by atoms with E-state index in [4.69, 9.17) is 24.0 Å². The third kappa shape index (κ3) is 4.23.